The first-order valence-electron chi connectivity index (χ1n) is 8.88. The Morgan fingerprint density at radius 3 is 2.48 bits per heavy atom. The molecular formula is C19H22N4O5S. The summed E-state index contributed by atoms with van der Waals surface area (Å²) in [6.07, 6.45) is 0. The number of ether oxygens (including phenoxy) is 3. The van der Waals surface area contributed by atoms with Crippen molar-refractivity contribution in [2.75, 3.05) is 21.3 Å². The molecule has 1 amide bonds. The van der Waals surface area contributed by atoms with E-state index >= 15 is 0 Å². The van der Waals surface area contributed by atoms with Crippen LogP contribution in [-0.2, 0) is 22.6 Å². The molecule has 0 unspecified atom stereocenters. The molecule has 0 saturated carbocycles. The molecule has 0 atom stereocenters. The van der Waals surface area contributed by atoms with Crippen molar-refractivity contribution in [2.45, 2.75) is 26.9 Å². The van der Waals surface area contributed by atoms with Gasteiger partial charge in [-0.15, -0.1) is 0 Å². The molecule has 3 rings (SSSR count). The summed E-state index contributed by atoms with van der Waals surface area (Å²) in [5.41, 5.74) is 1.72. The standard InChI is InChI=1S/C19H22N4O5S/c1-6-23-12(9-11(2)21-23)18(25)20-19-22(10-15(24)28-5)16-13(26-3)7-8-14(27-4)17(16)29-19/h7-9H,6,10H2,1-5H3. The lowest BCUT2D eigenvalue weighted by Crippen LogP contribution is -2.23. The van der Waals surface area contributed by atoms with Gasteiger partial charge in [-0.1, -0.05) is 11.3 Å². The van der Waals surface area contributed by atoms with Gasteiger partial charge in [-0.2, -0.15) is 10.1 Å². The van der Waals surface area contributed by atoms with Gasteiger partial charge in [-0.25, -0.2) is 0 Å². The predicted octanol–water partition coefficient (Wildman–Crippen LogP) is 2.16. The summed E-state index contributed by atoms with van der Waals surface area (Å²) in [7, 11) is 4.39. The van der Waals surface area contributed by atoms with E-state index in [1.54, 1.807) is 34.6 Å². The zero-order chi connectivity index (χ0) is 21.1. The summed E-state index contributed by atoms with van der Waals surface area (Å²) in [5.74, 6) is 0.200. The van der Waals surface area contributed by atoms with E-state index in [1.165, 1.54) is 25.6 Å². The summed E-state index contributed by atoms with van der Waals surface area (Å²) < 4.78 is 19.6. The number of aryl methyl sites for hydroxylation is 2. The highest BCUT2D eigenvalue weighted by Crippen LogP contribution is 2.35. The Kier molecular flexibility index (Phi) is 6.02. The zero-order valence-electron chi connectivity index (χ0n) is 16.9. The Labute approximate surface area is 171 Å². The van der Waals surface area contributed by atoms with E-state index in [9.17, 15) is 9.59 Å². The second kappa shape index (κ2) is 8.48. The highest BCUT2D eigenvalue weighted by molar-refractivity contribution is 7.16. The Bertz CT molecular complexity index is 1140. The molecule has 9 nitrogen and oxygen atoms in total. The largest absolute Gasteiger partial charge is 0.495 e. The van der Waals surface area contributed by atoms with Gasteiger partial charge in [-0.05, 0) is 32.0 Å². The van der Waals surface area contributed by atoms with Gasteiger partial charge in [0.15, 0.2) is 4.80 Å². The van der Waals surface area contributed by atoms with Gasteiger partial charge >= 0.3 is 5.97 Å². The van der Waals surface area contributed by atoms with Crippen molar-refractivity contribution in [1.82, 2.24) is 14.3 Å². The van der Waals surface area contributed by atoms with Gasteiger partial charge in [0.2, 0.25) is 0 Å². The van der Waals surface area contributed by atoms with Crippen LogP contribution >= 0.6 is 11.3 Å². The number of fused-ring (bicyclic) bond motifs is 1. The number of benzene rings is 1. The molecule has 0 aliphatic carbocycles. The van der Waals surface area contributed by atoms with Gasteiger partial charge in [0, 0.05) is 6.54 Å². The molecule has 3 aromatic rings. The molecule has 0 aliphatic rings. The highest BCUT2D eigenvalue weighted by atomic mass is 32.1. The lowest BCUT2D eigenvalue weighted by molar-refractivity contribution is -0.141. The molecule has 10 heteroatoms. The maximum absolute atomic E-state index is 12.9. The van der Waals surface area contributed by atoms with Gasteiger partial charge in [0.25, 0.3) is 5.91 Å². The van der Waals surface area contributed by atoms with E-state index < -0.39 is 11.9 Å². The number of hydrogen-bond acceptors (Lipinski definition) is 7. The van der Waals surface area contributed by atoms with Crippen LogP contribution in [0.4, 0.5) is 0 Å². The maximum atomic E-state index is 12.9. The molecule has 2 heterocycles. The van der Waals surface area contributed by atoms with Crippen LogP contribution < -0.4 is 14.3 Å². The van der Waals surface area contributed by atoms with E-state index in [4.69, 9.17) is 14.2 Å². The summed E-state index contributed by atoms with van der Waals surface area (Å²) in [6.45, 7) is 4.13. The molecular weight excluding hydrogens is 396 g/mol. The Morgan fingerprint density at radius 2 is 1.86 bits per heavy atom. The third-order valence-electron chi connectivity index (χ3n) is 4.33. The maximum Gasteiger partial charge on any atom is 0.325 e. The van der Waals surface area contributed by atoms with Crippen LogP contribution in [0.3, 0.4) is 0 Å². The first kappa shape index (κ1) is 20.6. The third-order valence-corrected chi connectivity index (χ3v) is 5.42. The first-order chi connectivity index (χ1) is 13.9. The fourth-order valence-corrected chi connectivity index (χ4v) is 4.12. The SMILES string of the molecule is CCn1nc(C)cc1C(=O)N=c1sc2c(OC)ccc(OC)c2n1CC(=O)OC. The van der Waals surface area contributed by atoms with Crippen molar-refractivity contribution < 1.29 is 23.8 Å². The lowest BCUT2D eigenvalue weighted by atomic mass is 10.3. The zero-order valence-corrected chi connectivity index (χ0v) is 17.7. The quantitative estimate of drug-likeness (QED) is 0.569. The van der Waals surface area contributed by atoms with Gasteiger partial charge < -0.3 is 18.8 Å². The van der Waals surface area contributed by atoms with Crippen LogP contribution in [0.25, 0.3) is 10.2 Å². The van der Waals surface area contributed by atoms with Crippen LogP contribution in [0.15, 0.2) is 23.2 Å². The Hall–Kier alpha value is -3.14. The summed E-state index contributed by atoms with van der Waals surface area (Å²) in [5, 5.41) is 4.29. The van der Waals surface area contributed by atoms with Crippen molar-refractivity contribution in [2.24, 2.45) is 4.99 Å². The molecule has 0 aliphatic heterocycles. The van der Waals surface area contributed by atoms with Crippen LogP contribution in [0.2, 0.25) is 0 Å². The minimum Gasteiger partial charge on any atom is -0.495 e. The summed E-state index contributed by atoms with van der Waals surface area (Å²) in [6, 6.07) is 5.19. The number of nitrogens with zero attached hydrogens (tertiary/aromatic N) is 4. The minimum absolute atomic E-state index is 0.127. The number of methoxy groups -OCH3 is 3. The number of carbonyl (C=O) groups excluding carboxylic acids is 2. The number of rotatable bonds is 6. The minimum atomic E-state index is -0.474. The average molecular weight is 418 g/mol. The Balaban J connectivity index is 2.27. The second-order valence-electron chi connectivity index (χ2n) is 6.10. The normalized spacial score (nSPS) is 11.7. The molecule has 0 bridgehead atoms. The molecule has 29 heavy (non-hydrogen) atoms. The molecule has 0 spiro atoms. The molecule has 154 valence electrons. The van der Waals surface area contributed by atoms with Crippen LogP contribution in [0, 0.1) is 6.92 Å². The number of esters is 1. The van der Waals surface area contributed by atoms with E-state index in [0.29, 0.717) is 38.8 Å². The fraction of sp³-hybridized carbons (Fsp3) is 0.368. The molecule has 0 fully saturated rings. The van der Waals surface area contributed by atoms with E-state index in [0.717, 1.165) is 5.69 Å². The lowest BCUT2D eigenvalue weighted by Gasteiger charge is -2.09. The van der Waals surface area contributed by atoms with Crippen LogP contribution in [0.1, 0.15) is 23.1 Å². The van der Waals surface area contributed by atoms with Gasteiger partial charge in [0.05, 0.1) is 27.0 Å². The second-order valence-corrected chi connectivity index (χ2v) is 7.08. The molecule has 2 aromatic heterocycles. The molecule has 0 radical (unpaired) electrons. The molecule has 0 N–H and O–H groups in total. The van der Waals surface area contributed by atoms with E-state index in [2.05, 4.69) is 10.1 Å². The van der Waals surface area contributed by atoms with Gasteiger partial charge in [-0.3, -0.25) is 14.3 Å². The van der Waals surface area contributed by atoms with Crippen molar-refractivity contribution in [1.29, 1.82) is 0 Å². The monoisotopic (exact) mass is 418 g/mol. The van der Waals surface area contributed by atoms with Crippen molar-refractivity contribution in [3.63, 3.8) is 0 Å². The smallest absolute Gasteiger partial charge is 0.325 e. The van der Waals surface area contributed by atoms with Crippen molar-refractivity contribution in [3.05, 3.63) is 34.4 Å². The highest BCUT2D eigenvalue weighted by Gasteiger charge is 2.20. The number of carbonyl (C=O) groups is 2. The summed E-state index contributed by atoms with van der Waals surface area (Å²) >= 11 is 1.23. The van der Waals surface area contributed by atoms with Crippen LogP contribution in [-0.4, -0.2) is 47.6 Å². The number of hydrogen-bond donors (Lipinski definition) is 0. The van der Waals surface area contributed by atoms with Gasteiger partial charge in [0.1, 0.15) is 34.0 Å². The fourth-order valence-electron chi connectivity index (χ4n) is 2.98. The molecule has 1 aromatic carbocycles. The van der Waals surface area contributed by atoms with Crippen molar-refractivity contribution >= 4 is 33.4 Å². The number of aromatic nitrogens is 3. The first-order valence-corrected chi connectivity index (χ1v) is 9.69. The van der Waals surface area contributed by atoms with Crippen molar-refractivity contribution in [3.8, 4) is 11.5 Å². The number of thiazole rings is 1. The van der Waals surface area contributed by atoms with E-state index in [1.807, 2.05) is 13.8 Å². The number of amides is 1. The summed E-state index contributed by atoms with van der Waals surface area (Å²) in [4.78, 5) is 29.5. The van der Waals surface area contributed by atoms with Crippen LogP contribution in [0.5, 0.6) is 11.5 Å². The topological polar surface area (TPSA) is 96.9 Å². The molecule has 0 saturated heterocycles. The van der Waals surface area contributed by atoms with E-state index in [-0.39, 0.29) is 6.54 Å². The third kappa shape index (κ3) is 3.88. The predicted molar refractivity (Wildman–Crippen MR) is 107 cm³/mol. The average Bonchev–Trinajstić information content (AvgIpc) is 3.27. The Morgan fingerprint density at radius 1 is 1.17 bits per heavy atom.